The molecule has 40 heavy (non-hydrogen) atoms. The molecule has 3 amide bonds. The van der Waals surface area contributed by atoms with Crippen molar-refractivity contribution in [3.05, 3.63) is 46.2 Å². The molecule has 2 fully saturated rings. The predicted octanol–water partition coefficient (Wildman–Crippen LogP) is 2.54. The molecule has 10 nitrogen and oxygen atoms in total. The number of likely N-dealkylation sites (N-methyl/N-ethyl adjacent to an activating group) is 1. The van der Waals surface area contributed by atoms with E-state index >= 15 is 0 Å². The fourth-order valence-corrected chi connectivity index (χ4v) is 6.22. The molecule has 2 saturated heterocycles. The van der Waals surface area contributed by atoms with Crippen molar-refractivity contribution in [1.82, 2.24) is 15.1 Å². The van der Waals surface area contributed by atoms with E-state index in [0.29, 0.717) is 36.4 Å². The monoisotopic (exact) mass is 570 g/mol. The van der Waals surface area contributed by atoms with Crippen LogP contribution in [0.3, 0.4) is 0 Å². The molecule has 11 heteroatoms. The van der Waals surface area contributed by atoms with Crippen LogP contribution in [0.5, 0.6) is 5.75 Å². The van der Waals surface area contributed by atoms with Gasteiger partial charge >= 0.3 is 0 Å². The zero-order valence-electron chi connectivity index (χ0n) is 22.9. The normalized spacial score (nSPS) is 23.3. The number of morpholine rings is 1. The number of fused-ring (bicyclic) bond motifs is 2. The fraction of sp³-hybridized carbons (Fsp3) is 0.552. The highest BCUT2D eigenvalue weighted by molar-refractivity contribution is 7.10. The Bertz CT molecular complexity index is 1170. The Balaban J connectivity index is 1.12. The number of rotatable bonds is 9. The number of anilines is 1. The van der Waals surface area contributed by atoms with Crippen LogP contribution in [-0.4, -0.2) is 98.8 Å². The number of hydrogen-bond acceptors (Lipinski definition) is 8. The van der Waals surface area contributed by atoms with E-state index in [0.717, 1.165) is 50.6 Å². The lowest BCUT2D eigenvalue weighted by Crippen LogP contribution is -2.54. The molecule has 0 bridgehead atoms. The molecule has 2 N–H and O–H groups in total. The second kappa shape index (κ2) is 13.6. The molecule has 2 aromatic rings. The van der Waals surface area contributed by atoms with E-state index in [4.69, 9.17) is 14.2 Å². The minimum Gasteiger partial charge on any atom is -0.490 e. The van der Waals surface area contributed by atoms with Gasteiger partial charge in [0.1, 0.15) is 18.5 Å². The number of benzene rings is 1. The van der Waals surface area contributed by atoms with Crippen molar-refractivity contribution >= 4 is 34.7 Å². The molecule has 5 rings (SSSR count). The molecule has 0 radical (unpaired) electrons. The number of nitrogens with zero attached hydrogens (tertiary/aromatic N) is 2. The Morgan fingerprint density at radius 2 is 1.98 bits per heavy atom. The van der Waals surface area contributed by atoms with Crippen molar-refractivity contribution in [2.24, 2.45) is 0 Å². The first-order valence-corrected chi connectivity index (χ1v) is 14.9. The van der Waals surface area contributed by atoms with Crippen LogP contribution >= 0.6 is 11.3 Å². The smallest absolute Gasteiger partial charge is 0.257 e. The van der Waals surface area contributed by atoms with Crippen LogP contribution < -0.4 is 15.4 Å². The number of ether oxygens (including phenoxy) is 3. The van der Waals surface area contributed by atoms with Crippen molar-refractivity contribution in [3.63, 3.8) is 0 Å². The first kappa shape index (κ1) is 28.5. The first-order chi connectivity index (χ1) is 19.5. The van der Waals surface area contributed by atoms with E-state index < -0.39 is 0 Å². The fourth-order valence-electron chi connectivity index (χ4n) is 5.52. The van der Waals surface area contributed by atoms with Gasteiger partial charge in [0.15, 0.2) is 0 Å². The molecule has 3 aliphatic heterocycles. The highest BCUT2D eigenvalue weighted by atomic mass is 32.1. The van der Waals surface area contributed by atoms with E-state index in [-0.39, 0.29) is 49.0 Å². The average Bonchev–Trinajstić information content (AvgIpc) is 3.47. The van der Waals surface area contributed by atoms with Crippen molar-refractivity contribution in [1.29, 1.82) is 0 Å². The number of nitrogens with one attached hydrogen (secondary N) is 2. The number of amides is 3. The molecular weight excluding hydrogens is 532 g/mol. The Hall–Kier alpha value is -2.99. The van der Waals surface area contributed by atoms with E-state index in [1.807, 2.05) is 17.5 Å². The van der Waals surface area contributed by atoms with Gasteiger partial charge in [0.25, 0.3) is 5.91 Å². The van der Waals surface area contributed by atoms with E-state index in [1.165, 1.54) is 11.3 Å². The summed E-state index contributed by atoms with van der Waals surface area (Å²) in [6.45, 7) is 5.32. The van der Waals surface area contributed by atoms with Crippen LogP contribution in [0.1, 0.15) is 40.9 Å². The third kappa shape index (κ3) is 7.39. The third-order valence-electron chi connectivity index (χ3n) is 7.70. The van der Waals surface area contributed by atoms with Crippen molar-refractivity contribution in [3.8, 4) is 5.75 Å². The minimum absolute atomic E-state index is 0.0133. The van der Waals surface area contributed by atoms with Crippen molar-refractivity contribution in [2.45, 2.75) is 50.4 Å². The van der Waals surface area contributed by atoms with Gasteiger partial charge in [0, 0.05) is 37.2 Å². The van der Waals surface area contributed by atoms with Crippen LogP contribution in [0.25, 0.3) is 0 Å². The quantitative estimate of drug-likeness (QED) is 0.446. The molecule has 1 aromatic carbocycles. The van der Waals surface area contributed by atoms with Crippen LogP contribution in [0.2, 0.25) is 0 Å². The molecule has 0 aliphatic carbocycles. The minimum atomic E-state index is -0.333. The third-order valence-corrected chi connectivity index (χ3v) is 8.58. The Morgan fingerprint density at radius 3 is 2.77 bits per heavy atom. The Morgan fingerprint density at radius 1 is 1.12 bits per heavy atom. The van der Waals surface area contributed by atoms with Gasteiger partial charge in [0.05, 0.1) is 43.8 Å². The largest absolute Gasteiger partial charge is 0.490 e. The second-order valence-corrected chi connectivity index (χ2v) is 11.6. The summed E-state index contributed by atoms with van der Waals surface area (Å²) in [5.41, 5.74) is 0.965. The average molecular weight is 571 g/mol. The van der Waals surface area contributed by atoms with Gasteiger partial charge < -0.3 is 29.7 Å². The van der Waals surface area contributed by atoms with Gasteiger partial charge in [-0.3, -0.25) is 19.3 Å². The van der Waals surface area contributed by atoms with E-state index in [2.05, 4.69) is 15.5 Å². The zero-order chi connectivity index (χ0) is 27.9. The zero-order valence-corrected chi connectivity index (χ0v) is 23.8. The summed E-state index contributed by atoms with van der Waals surface area (Å²) in [5, 5.41) is 7.85. The van der Waals surface area contributed by atoms with Gasteiger partial charge in [-0.25, -0.2) is 0 Å². The molecule has 0 unspecified atom stereocenters. The SMILES string of the molecule is CN1C(=O)c2cc(NC(=O)Cc3cccs3)ccc2OC[C@@H]2O[C@H](CC(=O)NCCCN3CCOCC3)CC[C@@H]21. The Kier molecular flexibility index (Phi) is 9.69. The lowest BCUT2D eigenvalue weighted by atomic mass is 9.94. The maximum absolute atomic E-state index is 13.5. The number of carbonyl (C=O) groups is 3. The van der Waals surface area contributed by atoms with E-state index in [1.54, 1.807) is 30.1 Å². The highest BCUT2D eigenvalue weighted by Gasteiger charge is 2.39. The summed E-state index contributed by atoms with van der Waals surface area (Å²) in [6.07, 6.45) is 2.34. The lowest BCUT2D eigenvalue weighted by Gasteiger charge is -2.42. The van der Waals surface area contributed by atoms with Gasteiger partial charge in [-0.05, 0) is 55.5 Å². The highest BCUT2D eigenvalue weighted by Crippen LogP contribution is 2.32. The number of hydrogen-bond donors (Lipinski definition) is 2. The summed E-state index contributed by atoms with van der Waals surface area (Å²) in [7, 11) is 1.78. The molecule has 3 aliphatic rings. The molecule has 0 spiro atoms. The molecule has 3 atom stereocenters. The summed E-state index contributed by atoms with van der Waals surface area (Å²) in [5.74, 6) is 0.123. The van der Waals surface area contributed by atoms with Crippen molar-refractivity contribution < 1.29 is 28.6 Å². The summed E-state index contributed by atoms with van der Waals surface area (Å²) in [6, 6.07) is 8.81. The Labute approximate surface area is 238 Å². The van der Waals surface area contributed by atoms with Crippen LogP contribution in [0.4, 0.5) is 5.69 Å². The molecular formula is C29H38N4O6S. The van der Waals surface area contributed by atoms with Crippen LogP contribution in [-0.2, 0) is 25.5 Å². The van der Waals surface area contributed by atoms with Crippen molar-refractivity contribution in [2.75, 3.05) is 58.4 Å². The molecule has 0 saturated carbocycles. The standard InChI is InChI=1S/C29H38N4O6S/c1-32-24-7-6-21(17-27(34)30-9-3-10-33-11-13-37-14-12-33)39-26(24)19-38-25-8-5-20(16-23(25)29(32)36)31-28(35)18-22-4-2-15-40-22/h2,4-5,8,15-16,21,24,26H,3,6-7,9-14,17-19H2,1H3,(H,30,34)(H,31,35)/t21-,24-,26-/m0/s1. The molecule has 4 heterocycles. The van der Waals surface area contributed by atoms with Gasteiger partial charge in [-0.2, -0.15) is 0 Å². The van der Waals surface area contributed by atoms with Gasteiger partial charge in [0.2, 0.25) is 11.8 Å². The maximum Gasteiger partial charge on any atom is 0.257 e. The second-order valence-electron chi connectivity index (χ2n) is 10.5. The van der Waals surface area contributed by atoms with Gasteiger partial charge in [-0.15, -0.1) is 11.3 Å². The van der Waals surface area contributed by atoms with Gasteiger partial charge in [-0.1, -0.05) is 6.07 Å². The summed E-state index contributed by atoms with van der Waals surface area (Å²) in [4.78, 5) is 43.6. The topological polar surface area (TPSA) is 109 Å². The molecule has 216 valence electrons. The first-order valence-electron chi connectivity index (χ1n) is 14.0. The lowest BCUT2D eigenvalue weighted by molar-refractivity contribution is -0.134. The van der Waals surface area contributed by atoms with Crippen LogP contribution in [0.15, 0.2) is 35.7 Å². The van der Waals surface area contributed by atoms with Crippen LogP contribution in [0, 0.1) is 0 Å². The van der Waals surface area contributed by atoms with E-state index in [9.17, 15) is 14.4 Å². The predicted molar refractivity (Wildman–Crippen MR) is 152 cm³/mol. The number of carbonyl (C=O) groups excluding carboxylic acids is 3. The number of thiophene rings is 1. The summed E-state index contributed by atoms with van der Waals surface area (Å²) < 4.78 is 17.7. The molecule has 1 aromatic heterocycles. The maximum atomic E-state index is 13.5. The summed E-state index contributed by atoms with van der Waals surface area (Å²) >= 11 is 1.53.